The van der Waals surface area contributed by atoms with Gasteiger partial charge in [-0.25, -0.2) is 0 Å². The second kappa shape index (κ2) is 4.97. The van der Waals surface area contributed by atoms with Gasteiger partial charge in [0.15, 0.2) is 0 Å². The molecule has 0 atom stereocenters. The lowest BCUT2D eigenvalue weighted by Crippen LogP contribution is -2.25. The minimum atomic E-state index is 0.648. The van der Waals surface area contributed by atoms with Crippen LogP contribution in [0, 0.1) is 6.92 Å². The summed E-state index contributed by atoms with van der Waals surface area (Å²) in [5.74, 6) is 1.39. The largest absolute Gasteiger partial charge is 0.426 e. The van der Waals surface area contributed by atoms with Crippen molar-refractivity contribution in [1.29, 1.82) is 0 Å². The molecule has 0 radical (unpaired) electrons. The van der Waals surface area contributed by atoms with E-state index in [-0.39, 0.29) is 0 Å². The normalized spacial score (nSPS) is 11.1. The van der Waals surface area contributed by atoms with Gasteiger partial charge in [0.2, 0.25) is 11.8 Å². The van der Waals surface area contributed by atoms with Crippen LogP contribution in [0.5, 0.6) is 0 Å². The van der Waals surface area contributed by atoms with Crippen molar-refractivity contribution in [1.82, 2.24) is 15.1 Å². The first-order valence-corrected chi connectivity index (χ1v) is 4.77. The van der Waals surface area contributed by atoms with Gasteiger partial charge in [-0.05, 0) is 13.1 Å². The second-order valence-electron chi connectivity index (χ2n) is 2.99. The van der Waals surface area contributed by atoms with E-state index in [9.17, 15) is 0 Å². The van der Waals surface area contributed by atoms with E-state index in [1.165, 1.54) is 0 Å². The maximum Gasteiger partial charge on any atom is 0.217 e. The maximum absolute atomic E-state index is 5.27. The Bertz CT molecular complexity index is 243. The van der Waals surface area contributed by atoms with Gasteiger partial charge >= 0.3 is 0 Å². The molecule has 0 spiro atoms. The van der Waals surface area contributed by atoms with Crippen molar-refractivity contribution in [2.45, 2.75) is 27.2 Å². The molecule has 0 aromatic carbocycles. The van der Waals surface area contributed by atoms with E-state index in [4.69, 9.17) is 4.42 Å². The predicted molar refractivity (Wildman–Crippen MR) is 50.5 cm³/mol. The minimum absolute atomic E-state index is 0.648. The molecule has 1 heterocycles. The predicted octanol–water partition coefficient (Wildman–Crippen LogP) is 1.26. The molecule has 0 fully saturated rings. The number of hydrogen-bond donors (Lipinski definition) is 0. The van der Waals surface area contributed by atoms with E-state index in [1.54, 1.807) is 0 Å². The standard InChI is InChI=1S/C9H17N3O/c1-4-12(5-2)7-6-9-11-10-8(3)13-9/h4-7H2,1-3H3. The summed E-state index contributed by atoms with van der Waals surface area (Å²) in [6, 6.07) is 0. The summed E-state index contributed by atoms with van der Waals surface area (Å²) >= 11 is 0. The number of nitrogens with zero attached hydrogens (tertiary/aromatic N) is 3. The third kappa shape index (κ3) is 3.14. The molecule has 1 aromatic heterocycles. The van der Waals surface area contributed by atoms with Crippen molar-refractivity contribution in [2.75, 3.05) is 19.6 Å². The van der Waals surface area contributed by atoms with Crippen LogP contribution in [0.2, 0.25) is 0 Å². The van der Waals surface area contributed by atoms with Gasteiger partial charge in [0.05, 0.1) is 0 Å². The lowest BCUT2D eigenvalue weighted by molar-refractivity contribution is 0.296. The van der Waals surface area contributed by atoms with Crippen LogP contribution in [-0.2, 0) is 6.42 Å². The molecular weight excluding hydrogens is 166 g/mol. The molecule has 0 aliphatic rings. The molecule has 0 N–H and O–H groups in total. The number of rotatable bonds is 5. The number of aryl methyl sites for hydroxylation is 1. The molecule has 0 saturated carbocycles. The summed E-state index contributed by atoms with van der Waals surface area (Å²) in [5.41, 5.74) is 0. The first-order valence-electron chi connectivity index (χ1n) is 4.77. The smallest absolute Gasteiger partial charge is 0.217 e. The van der Waals surface area contributed by atoms with Crippen molar-refractivity contribution >= 4 is 0 Å². The Kier molecular flexibility index (Phi) is 3.89. The van der Waals surface area contributed by atoms with Crippen LogP contribution in [0.1, 0.15) is 25.6 Å². The van der Waals surface area contributed by atoms with E-state index in [1.807, 2.05) is 6.92 Å². The summed E-state index contributed by atoms with van der Waals surface area (Å²) < 4.78 is 5.27. The average Bonchev–Trinajstić information content (AvgIpc) is 2.53. The van der Waals surface area contributed by atoms with Gasteiger partial charge in [-0.1, -0.05) is 13.8 Å². The zero-order valence-corrected chi connectivity index (χ0v) is 8.58. The Balaban J connectivity index is 2.33. The first-order chi connectivity index (χ1) is 6.26. The molecule has 13 heavy (non-hydrogen) atoms. The average molecular weight is 183 g/mol. The molecule has 0 amide bonds. The lowest BCUT2D eigenvalue weighted by Gasteiger charge is -2.15. The van der Waals surface area contributed by atoms with E-state index in [0.29, 0.717) is 5.89 Å². The molecule has 0 unspecified atom stereocenters. The zero-order valence-electron chi connectivity index (χ0n) is 8.58. The monoisotopic (exact) mass is 183 g/mol. The molecule has 0 saturated heterocycles. The van der Waals surface area contributed by atoms with Gasteiger partial charge in [-0.3, -0.25) is 0 Å². The van der Waals surface area contributed by atoms with E-state index >= 15 is 0 Å². The van der Waals surface area contributed by atoms with Gasteiger partial charge in [0.1, 0.15) is 0 Å². The van der Waals surface area contributed by atoms with Crippen LogP contribution in [0.25, 0.3) is 0 Å². The fraction of sp³-hybridized carbons (Fsp3) is 0.778. The van der Waals surface area contributed by atoms with Crippen LogP contribution < -0.4 is 0 Å². The van der Waals surface area contributed by atoms with Crippen LogP contribution >= 0.6 is 0 Å². The molecule has 1 rings (SSSR count). The molecular formula is C9H17N3O. The molecule has 4 nitrogen and oxygen atoms in total. The first kappa shape index (κ1) is 10.2. The van der Waals surface area contributed by atoms with Crippen LogP contribution in [0.3, 0.4) is 0 Å². The number of hydrogen-bond acceptors (Lipinski definition) is 4. The van der Waals surface area contributed by atoms with Crippen LogP contribution in [-0.4, -0.2) is 34.7 Å². The van der Waals surface area contributed by atoms with Crippen molar-refractivity contribution < 1.29 is 4.42 Å². The van der Waals surface area contributed by atoms with Gasteiger partial charge < -0.3 is 9.32 Å². The fourth-order valence-corrected chi connectivity index (χ4v) is 1.23. The Labute approximate surface area is 78.9 Å². The zero-order chi connectivity index (χ0) is 9.68. The summed E-state index contributed by atoms with van der Waals surface area (Å²) in [4.78, 5) is 2.33. The Hall–Kier alpha value is -0.900. The quantitative estimate of drug-likeness (QED) is 0.689. The SMILES string of the molecule is CCN(CC)CCc1nnc(C)o1. The highest BCUT2D eigenvalue weighted by atomic mass is 16.4. The summed E-state index contributed by atoms with van der Waals surface area (Å²) in [6.45, 7) is 9.26. The number of likely N-dealkylation sites (N-methyl/N-ethyl adjacent to an activating group) is 1. The molecule has 0 aliphatic carbocycles. The van der Waals surface area contributed by atoms with E-state index in [0.717, 1.165) is 31.9 Å². The van der Waals surface area contributed by atoms with Gasteiger partial charge in [-0.15, -0.1) is 10.2 Å². The minimum Gasteiger partial charge on any atom is -0.426 e. The highest BCUT2D eigenvalue weighted by Crippen LogP contribution is 2.00. The fourth-order valence-electron chi connectivity index (χ4n) is 1.23. The molecule has 0 aliphatic heterocycles. The highest BCUT2D eigenvalue weighted by molar-refractivity contribution is 4.79. The van der Waals surface area contributed by atoms with Gasteiger partial charge in [0.25, 0.3) is 0 Å². The van der Waals surface area contributed by atoms with Crippen molar-refractivity contribution in [3.05, 3.63) is 11.8 Å². The highest BCUT2D eigenvalue weighted by Gasteiger charge is 2.04. The Morgan fingerprint density at radius 2 is 1.92 bits per heavy atom. The van der Waals surface area contributed by atoms with E-state index in [2.05, 4.69) is 28.9 Å². The van der Waals surface area contributed by atoms with Gasteiger partial charge in [0, 0.05) is 19.9 Å². The van der Waals surface area contributed by atoms with Crippen LogP contribution in [0.4, 0.5) is 0 Å². The number of aromatic nitrogens is 2. The topological polar surface area (TPSA) is 42.2 Å². The second-order valence-corrected chi connectivity index (χ2v) is 2.99. The molecule has 4 heteroatoms. The summed E-state index contributed by atoms with van der Waals surface area (Å²) in [6.07, 6.45) is 0.850. The third-order valence-corrected chi connectivity index (χ3v) is 2.10. The van der Waals surface area contributed by atoms with Crippen molar-refractivity contribution in [3.63, 3.8) is 0 Å². The third-order valence-electron chi connectivity index (χ3n) is 2.10. The summed E-state index contributed by atoms with van der Waals surface area (Å²) in [5, 5.41) is 7.72. The Morgan fingerprint density at radius 1 is 1.23 bits per heavy atom. The Morgan fingerprint density at radius 3 is 2.38 bits per heavy atom. The van der Waals surface area contributed by atoms with Gasteiger partial charge in [-0.2, -0.15) is 0 Å². The molecule has 74 valence electrons. The van der Waals surface area contributed by atoms with Crippen LogP contribution in [0.15, 0.2) is 4.42 Å². The van der Waals surface area contributed by atoms with Crippen molar-refractivity contribution in [3.8, 4) is 0 Å². The van der Waals surface area contributed by atoms with Crippen molar-refractivity contribution in [2.24, 2.45) is 0 Å². The molecule has 1 aromatic rings. The maximum atomic E-state index is 5.27. The molecule has 0 bridgehead atoms. The lowest BCUT2D eigenvalue weighted by atomic mass is 10.4. The summed E-state index contributed by atoms with van der Waals surface area (Å²) in [7, 11) is 0. The van der Waals surface area contributed by atoms with E-state index < -0.39 is 0 Å².